The van der Waals surface area contributed by atoms with Crippen LogP contribution in [0.25, 0.3) is 0 Å². The number of hydrogen-bond acceptors (Lipinski definition) is 4. The van der Waals surface area contributed by atoms with Gasteiger partial charge in [-0.3, -0.25) is 9.69 Å². The van der Waals surface area contributed by atoms with Gasteiger partial charge in [0.1, 0.15) is 5.75 Å². The van der Waals surface area contributed by atoms with Crippen LogP contribution in [0.4, 0.5) is 0 Å². The smallest absolute Gasteiger partial charge is 0.223 e. The normalized spacial score (nSPS) is 14.3. The second kappa shape index (κ2) is 6.23. The van der Waals surface area contributed by atoms with Crippen molar-refractivity contribution in [2.75, 3.05) is 7.11 Å². The molecule has 0 atom stereocenters. The number of benzene rings is 1. The molecule has 1 saturated carbocycles. The fourth-order valence-electron chi connectivity index (χ4n) is 2.54. The van der Waals surface area contributed by atoms with Crippen LogP contribution in [-0.2, 0) is 13.1 Å². The van der Waals surface area contributed by atoms with E-state index in [2.05, 4.69) is 22.0 Å². The van der Waals surface area contributed by atoms with E-state index in [0.29, 0.717) is 12.6 Å². The van der Waals surface area contributed by atoms with Crippen LogP contribution >= 0.6 is 0 Å². The predicted octanol–water partition coefficient (Wildman–Crippen LogP) is 2.25. The fourth-order valence-corrected chi connectivity index (χ4v) is 2.54. The first-order chi connectivity index (χ1) is 10.7. The molecule has 2 N–H and O–H groups in total. The predicted molar refractivity (Wildman–Crippen MR) is 84.0 cm³/mol. The number of aromatic amines is 1. The number of nitrogens with zero attached hydrogens (tertiary/aromatic N) is 1. The van der Waals surface area contributed by atoms with E-state index in [4.69, 9.17) is 4.74 Å². The third-order valence-corrected chi connectivity index (χ3v) is 3.93. The van der Waals surface area contributed by atoms with Crippen LogP contribution < -0.4 is 10.2 Å². The number of methoxy groups -OCH3 is 1. The number of H-pyrrole nitrogens is 1. The maximum Gasteiger partial charge on any atom is 0.223 e. The average molecular weight is 300 g/mol. The highest BCUT2D eigenvalue weighted by Crippen LogP contribution is 2.29. The average Bonchev–Trinajstić information content (AvgIpc) is 3.36. The fraction of sp³-hybridized carbons (Fsp3) is 0.353. The third-order valence-electron chi connectivity index (χ3n) is 3.93. The Bertz CT molecular complexity index is 690. The van der Waals surface area contributed by atoms with Gasteiger partial charge in [-0.05, 0) is 30.5 Å². The number of nitrogens with one attached hydrogen (secondary N) is 1. The Morgan fingerprint density at radius 1 is 1.27 bits per heavy atom. The lowest BCUT2D eigenvalue weighted by molar-refractivity contribution is 0.242. The molecule has 116 valence electrons. The highest BCUT2D eigenvalue weighted by atomic mass is 16.5. The lowest BCUT2D eigenvalue weighted by atomic mass is 10.2. The summed E-state index contributed by atoms with van der Waals surface area (Å²) in [5, 5.41) is 9.31. The maximum atomic E-state index is 11.5. The van der Waals surface area contributed by atoms with Gasteiger partial charge >= 0.3 is 0 Å². The zero-order valence-electron chi connectivity index (χ0n) is 12.6. The molecule has 1 aliphatic carbocycles. The van der Waals surface area contributed by atoms with Crippen LogP contribution in [0.15, 0.2) is 41.3 Å². The van der Waals surface area contributed by atoms with Crippen molar-refractivity contribution >= 4 is 0 Å². The van der Waals surface area contributed by atoms with Crippen molar-refractivity contribution in [2.45, 2.75) is 32.0 Å². The van der Waals surface area contributed by atoms with E-state index in [-0.39, 0.29) is 11.2 Å². The number of aromatic nitrogens is 1. The van der Waals surface area contributed by atoms with Gasteiger partial charge in [-0.25, -0.2) is 0 Å². The monoisotopic (exact) mass is 300 g/mol. The lowest BCUT2D eigenvalue weighted by Gasteiger charge is -2.22. The van der Waals surface area contributed by atoms with Gasteiger partial charge in [-0.2, -0.15) is 0 Å². The Labute approximate surface area is 129 Å². The second-order valence-electron chi connectivity index (χ2n) is 5.69. The number of aromatic hydroxyl groups is 1. The van der Waals surface area contributed by atoms with Gasteiger partial charge in [0.25, 0.3) is 0 Å². The molecule has 1 heterocycles. The second-order valence-corrected chi connectivity index (χ2v) is 5.69. The Morgan fingerprint density at radius 2 is 2.00 bits per heavy atom. The van der Waals surface area contributed by atoms with Crippen molar-refractivity contribution in [1.29, 1.82) is 0 Å². The SMILES string of the molecule is COc1ccc(CN(Cc2cc(=O)c(O)c[nH]2)C2CC2)cc1. The van der Waals surface area contributed by atoms with E-state index in [0.717, 1.165) is 18.0 Å². The molecule has 0 aliphatic heterocycles. The molecule has 0 bridgehead atoms. The summed E-state index contributed by atoms with van der Waals surface area (Å²) < 4.78 is 5.18. The van der Waals surface area contributed by atoms with E-state index in [1.807, 2.05) is 12.1 Å². The minimum atomic E-state index is -0.339. The van der Waals surface area contributed by atoms with Gasteiger partial charge in [0.05, 0.1) is 7.11 Å². The molecule has 0 spiro atoms. The Kier molecular flexibility index (Phi) is 4.15. The summed E-state index contributed by atoms with van der Waals surface area (Å²) in [6.45, 7) is 1.50. The van der Waals surface area contributed by atoms with Crippen molar-refractivity contribution in [3.63, 3.8) is 0 Å². The summed E-state index contributed by atoms with van der Waals surface area (Å²) in [6, 6.07) is 10.1. The molecule has 3 rings (SSSR count). The van der Waals surface area contributed by atoms with Crippen molar-refractivity contribution in [3.8, 4) is 11.5 Å². The number of hydrogen-bond donors (Lipinski definition) is 2. The minimum Gasteiger partial charge on any atom is -0.503 e. The zero-order valence-corrected chi connectivity index (χ0v) is 12.6. The largest absolute Gasteiger partial charge is 0.503 e. The molecule has 5 heteroatoms. The topological polar surface area (TPSA) is 65.6 Å². The third kappa shape index (κ3) is 3.49. The molecule has 1 aliphatic rings. The van der Waals surface area contributed by atoms with Gasteiger partial charge in [0.15, 0.2) is 5.75 Å². The van der Waals surface area contributed by atoms with Gasteiger partial charge in [-0.15, -0.1) is 0 Å². The van der Waals surface area contributed by atoms with Crippen LogP contribution in [0.5, 0.6) is 11.5 Å². The first-order valence-corrected chi connectivity index (χ1v) is 7.43. The molecule has 5 nitrogen and oxygen atoms in total. The molecule has 1 fully saturated rings. The van der Waals surface area contributed by atoms with E-state index >= 15 is 0 Å². The molecule has 0 amide bonds. The molecule has 0 radical (unpaired) electrons. The van der Waals surface area contributed by atoms with E-state index in [1.54, 1.807) is 7.11 Å². The van der Waals surface area contributed by atoms with E-state index < -0.39 is 0 Å². The molecule has 1 aromatic heterocycles. The maximum absolute atomic E-state index is 11.5. The van der Waals surface area contributed by atoms with Crippen LogP contribution in [0.3, 0.4) is 0 Å². The first kappa shape index (κ1) is 14.7. The number of pyridine rings is 1. The van der Waals surface area contributed by atoms with Gasteiger partial charge < -0.3 is 14.8 Å². The summed E-state index contributed by atoms with van der Waals surface area (Å²) in [5.41, 5.74) is 1.70. The Hall–Kier alpha value is -2.27. The molecular weight excluding hydrogens is 280 g/mol. The summed E-state index contributed by atoms with van der Waals surface area (Å²) in [5.74, 6) is 0.612. The van der Waals surface area contributed by atoms with Crippen molar-refractivity contribution in [3.05, 3.63) is 58.0 Å². The number of ether oxygens (including phenoxy) is 1. The van der Waals surface area contributed by atoms with Crippen molar-refractivity contribution in [2.24, 2.45) is 0 Å². The van der Waals surface area contributed by atoms with Gasteiger partial charge in [0, 0.05) is 37.1 Å². The standard InChI is InChI=1S/C17H20N2O3/c1-22-15-6-2-12(3-7-15)10-19(14-4-5-14)11-13-8-16(20)17(21)9-18-13/h2-3,6-9,14,21H,4-5,10-11H2,1H3,(H,18,20). The summed E-state index contributed by atoms with van der Waals surface area (Å²) in [7, 11) is 1.66. The highest BCUT2D eigenvalue weighted by molar-refractivity contribution is 5.27. The minimum absolute atomic E-state index is 0.239. The molecule has 22 heavy (non-hydrogen) atoms. The van der Waals surface area contributed by atoms with Crippen molar-refractivity contribution in [1.82, 2.24) is 9.88 Å². The summed E-state index contributed by atoms with van der Waals surface area (Å²) in [6.07, 6.45) is 3.74. The summed E-state index contributed by atoms with van der Waals surface area (Å²) >= 11 is 0. The molecule has 1 aromatic carbocycles. The van der Waals surface area contributed by atoms with Crippen LogP contribution in [0, 0.1) is 0 Å². The van der Waals surface area contributed by atoms with Crippen molar-refractivity contribution < 1.29 is 9.84 Å². The summed E-state index contributed by atoms with van der Waals surface area (Å²) in [4.78, 5) is 16.9. The number of rotatable bonds is 6. The quantitative estimate of drug-likeness (QED) is 0.859. The Morgan fingerprint density at radius 3 is 2.59 bits per heavy atom. The first-order valence-electron chi connectivity index (χ1n) is 7.43. The zero-order chi connectivity index (χ0) is 15.5. The molecule has 0 saturated heterocycles. The van der Waals surface area contributed by atoms with E-state index in [9.17, 15) is 9.90 Å². The van der Waals surface area contributed by atoms with Crippen LogP contribution in [-0.4, -0.2) is 28.1 Å². The van der Waals surface area contributed by atoms with Gasteiger partial charge in [-0.1, -0.05) is 12.1 Å². The van der Waals surface area contributed by atoms with Crippen LogP contribution in [0.2, 0.25) is 0 Å². The molecule has 2 aromatic rings. The lowest BCUT2D eigenvalue weighted by Crippen LogP contribution is -2.26. The van der Waals surface area contributed by atoms with E-state index in [1.165, 1.54) is 30.7 Å². The Balaban J connectivity index is 1.72. The highest BCUT2D eigenvalue weighted by Gasteiger charge is 2.29. The van der Waals surface area contributed by atoms with Gasteiger partial charge in [0.2, 0.25) is 5.43 Å². The molecule has 0 unspecified atom stereocenters. The molecular formula is C17H20N2O3. The van der Waals surface area contributed by atoms with Crippen LogP contribution in [0.1, 0.15) is 24.1 Å².